The fraction of sp³-hybridized carbons (Fsp3) is 0.231. The van der Waals surface area contributed by atoms with Gasteiger partial charge in [0.25, 0.3) is 0 Å². The topological polar surface area (TPSA) is 60.5 Å². The summed E-state index contributed by atoms with van der Waals surface area (Å²) in [5, 5.41) is 4.77. The lowest BCUT2D eigenvalue weighted by Gasteiger charge is -2.22. The van der Waals surface area contributed by atoms with Gasteiger partial charge in [-0.15, -0.1) is 0 Å². The predicted molar refractivity (Wildman–Crippen MR) is 123 cm³/mol. The number of amides is 1. The molecule has 0 saturated carbocycles. The van der Waals surface area contributed by atoms with Crippen molar-refractivity contribution in [3.05, 3.63) is 95.8 Å². The summed E-state index contributed by atoms with van der Waals surface area (Å²) in [6.45, 7) is 4.49. The van der Waals surface area contributed by atoms with Crippen molar-refractivity contribution in [1.82, 2.24) is 14.7 Å². The molecule has 0 atom stereocenters. The third-order valence-corrected chi connectivity index (χ3v) is 5.31. The lowest BCUT2D eigenvalue weighted by Crippen LogP contribution is -2.29. The molecule has 0 fully saturated rings. The Kier molecular flexibility index (Phi) is 6.88. The van der Waals surface area contributed by atoms with Crippen LogP contribution in [0.15, 0.2) is 77.4 Å². The van der Waals surface area contributed by atoms with E-state index in [-0.39, 0.29) is 11.7 Å². The lowest BCUT2D eigenvalue weighted by molar-refractivity contribution is -0.132. The molecule has 0 aliphatic rings. The van der Waals surface area contributed by atoms with Gasteiger partial charge in [-0.05, 0) is 55.0 Å². The van der Waals surface area contributed by atoms with Crippen LogP contribution in [0.4, 0.5) is 4.39 Å². The van der Waals surface area contributed by atoms with Gasteiger partial charge in [-0.3, -0.25) is 4.79 Å². The number of para-hydroxylation sites is 1. The molecule has 0 aliphatic heterocycles. The maximum Gasteiger partial charge on any atom is 0.227 e. The number of hydrogen-bond acceptors (Lipinski definition) is 4. The largest absolute Gasteiger partial charge is 0.467 e. The van der Waals surface area contributed by atoms with E-state index in [4.69, 9.17) is 14.3 Å². The van der Waals surface area contributed by atoms with E-state index in [1.807, 2.05) is 50.2 Å². The van der Waals surface area contributed by atoms with Crippen LogP contribution in [0.5, 0.6) is 11.6 Å². The van der Waals surface area contributed by atoms with Crippen molar-refractivity contribution in [2.75, 3.05) is 0 Å². The molecule has 7 heteroatoms. The summed E-state index contributed by atoms with van der Waals surface area (Å²) >= 11 is 0. The molecule has 2 aromatic heterocycles. The van der Waals surface area contributed by atoms with E-state index >= 15 is 0 Å². The van der Waals surface area contributed by atoms with Crippen molar-refractivity contribution in [1.29, 1.82) is 0 Å². The summed E-state index contributed by atoms with van der Waals surface area (Å²) in [5.74, 6) is 1.51. The smallest absolute Gasteiger partial charge is 0.227 e. The Bertz CT molecular complexity index is 1190. The van der Waals surface area contributed by atoms with E-state index in [0.717, 1.165) is 11.3 Å². The molecule has 0 unspecified atom stereocenters. The molecule has 0 saturated heterocycles. The molecule has 4 rings (SSSR count). The standard InChI is InChI=1S/C26H26FN3O3/c1-3-24-23(18-29(25(31)4-2)17-22-11-8-16-32-22)26(33-21-9-6-5-7-10-21)30(28-24)20-14-12-19(27)13-15-20/h5-16H,3-4,17-18H2,1-2H3. The molecule has 0 N–H and O–H groups in total. The van der Waals surface area contributed by atoms with Crippen LogP contribution < -0.4 is 4.74 Å². The summed E-state index contributed by atoms with van der Waals surface area (Å²) in [6, 6.07) is 19.1. The van der Waals surface area contributed by atoms with Gasteiger partial charge < -0.3 is 14.1 Å². The van der Waals surface area contributed by atoms with Crippen molar-refractivity contribution in [2.24, 2.45) is 0 Å². The Hall–Kier alpha value is -3.87. The second-order valence-electron chi connectivity index (χ2n) is 7.57. The van der Waals surface area contributed by atoms with Gasteiger partial charge in [-0.1, -0.05) is 32.0 Å². The molecule has 2 aromatic carbocycles. The van der Waals surface area contributed by atoms with Crippen molar-refractivity contribution < 1.29 is 18.3 Å². The zero-order chi connectivity index (χ0) is 23.2. The highest BCUT2D eigenvalue weighted by Gasteiger charge is 2.25. The van der Waals surface area contributed by atoms with Crippen LogP contribution in [0.3, 0.4) is 0 Å². The van der Waals surface area contributed by atoms with Gasteiger partial charge in [0.15, 0.2) is 0 Å². The molecule has 33 heavy (non-hydrogen) atoms. The summed E-state index contributed by atoms with van der Waals surface area (Å²) in [4.78, 5) is 14.5. The second-order valence-corrected chi connectivity index (χ2v) is 7.57. The first-order chi connectivity index (χ1) is 16.1. The van der Waals surface area contributed by atoms with E-state index in [1.165, 1.54) is 12.1 Å². The summed E-state index contributed by atoms with van der Waals surface area (Å²) in [7, 11) is 0. The number of aromatic nitrogens is 2. The quantitative estimate of drug-likeness (QED) is 0.321. The zero-order valence-corrected chi connectivity index (χ0v) is 18.7. The van der Waals surface area contributed by atoms with Crippen LogP contribution in [0, 0.1) is 5.82 Å². The highest BCUT2D eigenvalue weighted by Crippen LogP contribution is 2.32. The van der Waals surface area contributed by atoms with Gasteiger partial charge in [0.05, 0.1) is 36.3 Å². The zero-order valence-electron chi connectivity index (χ0n) is 18.7. The van der Waals surface area contributed by atoms with E-state index in [1.54, 1.807) is 34.0 Å². The van der Waals surface area contributed by atoms with Gasteiger partial charge in [-0.2, -0.15) is 5.10 Å². The van der Waals surface area contributed by atoms with Crippen LogP contribution in [0.25, 0.3) is 5.69 Å². The Balaban J connectivity index is 1.79. The van der Waals surface area contributed by atoms with Gasteiger partial charge in [0.1, 0.15) is 17.3 Å². The lowest BCUT2D eigenvalue weighted by atomic mass is 10.1. The number of halogens is 1. The molecule has 0 spiro atoms. The SMILES string of the molecule is CCC(=O)N(Cc1ccco1)Cc1c(CC)nn(-c2ccc(F)cc2)c1Oc1ccccc1. The molecule has 6 nitrogen and oxygen atoms in total. The minimum absolute atomic E-state index is 0.00588. The Morgan fingerprint density at radius 3 is 2.42 bits per heavy atom. The first-order valence-electron chi connectivity index (χ1n) is 11.0. The normalized spacial score (nSPS) is 10.9. The summed E-state index contributed by atoms with van der Waals surface area (Å²) in [6.07, 6.45) is 2.60. The number of aryl methyl sites for hydroxylation is 1. The van der Waals surface area contributed by atoms with Crippen LogP contribution in [-0.4, -0.2) is 20.6 Å². The number of rotatable bonds is 9. The minimum atomic E-state index is -0.328. The van der Waals surface area contributed by atoms with Crippen LogP contribution >= 0.6 is 0 Å². The second kappa shape index (κ2) is 10.2. The highest BCUT2D eigenvalue weighted by molar-refractivity contribution is 5.76. The first kappa shape index (κ1) is 22.3. The van der Waals surface area contributed by atoms with E-state index in [9.17, 15) is 9.18 Å². The molecule has 0 aliphatic carbocycles. The molecule has 4 aromatic rings. The molecule has 0 bridgehead atoms. The molecule has 1 amide bonds. The first-order valence-corrected chi connectivity index (χ1v) is 11.0. The molecule has 2 heterocycles. The van der Waals surface area contributed by atoms with Crippen molar-refractivity contribution in [3.63, 3.8) is 0 Å². The number of benzene rings is 2. The third kappa shape index (κ3) is 5.14. The third-order valence-electron chi connectivity index (χ3n) is 5.31. The predicted octanol–water partition coefficient (Wildman–Crippen LogP) is 5.90. The van der Waals surface area contributed by atoms with E-state index in [2.05, 4.69) is 0 Å². The van der Waals surface area contributed by atoms with Crippen LogP contribution in [0.2, 0.25) is 0 Å². The minimum Gasteiger partial charge on any atom is -0.467 e. The highest BCUT2D eigenvalue weighted by atomic mass is 19.1. The molecule has 0 radical (unpaired) electrons. The number of carbonyl (C=O) groups excluding carboxylic acids is 1. The number of hydrogen-bond donors (Lipinski definition) is 0. The molecule has 170 valence electrons. The van der Waals surface area contributed by atoms with Crippen LogP contribution in [-0.2, 0) is 24.3 Å². The Labute approximate surface area is 192 Å². The Morgan fingerprint density at radius 2 is 1.79 bits per heavy atom. The number of ether oxygens (including phenoxy) is 1. The summed E-state index contributed by atoms with van der Waals surface area (Å²) < 4.78 is 27.0. The maximum absolute atomic E-state index is 13.6. The number of furan rings is 1. The number of carbonyl (C=O) groups is 1. The van der Waals surface area contributed by atoms with Gasteiger partial charge >= 0.3 is 0 Å². The summed E-state index contributed by atoms with van der Waals surface area (Å²) in [5.41, 5.74) is 2.28. The average Bonchev–Trinajstić information content (AvgIpc) is 3.47. The van der Waals surface area contributed by atoms with Crippen molar-refractivity contribution in [2.45, 2.75) is 39.8 Å². The van der Waals surface area contributed by atoms with Gasteiger partial charge in [0, 0.05) is 6.42 Å². The van der Waals surface area contributed by atoms with Crippen molar-refractivity contribution in [3.8, 4) is 17.3 Å². The molecular weight excluding hydrogens is 421 g/mol. The Morgan fingerprint density at radius 1 is 1.03 bits per heavy atom. The van der Waals surface area contributed by atoms with E-state index in [0.29, 0.717) is 49.0 Å². The fourth-order valence-electron chi connectivity index (χ4n) is 3.62. The number of nitrogens with zero attached hydrogens (tertiary/aromatic N) is 3. The average molecular weight is 448 g/mol. The monoisotopic (exact) mass is 447 g/mol. The molecular formula is C26H26FN3O3. The maximum atomic E-state index is 13.6. The van der Waals surface area contributed by atoms with Crippen molar-refractivity contribution >= 4 is 5.91 Å². The van der Waals surface area contributed by atoms with Gasteiger partial charge in [-0.25, -0.2) is 9.07 Å². The fourth-order valence-corrected chi connectivity index (χ4v) is 3.62. The van der Waals surface area contributed by atoms with Gasteiger partial charge in [0.2, 0.25) is 11.8 Å². The van der Waals surface area contributed by atoms with Crippen LogP contribution in [0.1, 0.15) is 37.3 Å². The van der Waals surface area contributed by atoms with E-state index < -0.39 is 0 Å².